The molecule has 0 aliphatic rings. The minimum Gasteiger partial charge on any atom is -0.611 e. The van der Waals surface area contributed by atoms with Crippen LogP contribution in [0, 0.1) is 6.92 Å². The van der Waals surface area contributed by atoms with E-state index in [2.05, 4.69) is 4.98 Å². The van der Waals surface area contributed by atoms with Crippen LogP contribution in [0.1, 0.15) is 18.9 Å². The zero-order valence-electron chi connectivity index (χ0n) is 13.0. The average molecular weight is 313 g/mol. The number of pyridine rings is 1. The molecule has 22 heavy (non-hydrogen) atoms. The van der Waals surface area contributed by atoms with Gasteiger partial charge in [0.05, 0.1) is 5.56 Å². The van der Waals surface area contributed by atoms with Crippen LogP contribution in [-0.4, -0.2) is 24.8 Å². The molecule has 5 heteroatoms. The Morgan fingerprint density at radius 2 is 2.05 bits per heavy atom. The molecule has 1 unspecified atom stereocenters. The van der Waals surface area contributed by atoms with Gasteiger partial charge >= 0.3 is 0 Å². The lowest BCUT2D eigenvalue weighted by molar-refractivity contribution is 0.594. The minimum absolute atomic E-state index is 0.665. The summed E-state index contributed by atoms with van der Waals surface area (Å²) in [6.07, 6.45) is 2.74. The van der Waals surface area contributed by atoms with Crippen LogP contribution in [0.3, 0.4) is 0 Å². The van der Waals surface area contributed by atoms with Gasteiger partial charge in [0.15, 0.2) is 10.5 Å². The van der Waals surface area contributed by atoms with Crippen LogP contribution in [0.2, 0.25) is 0 Å². The van der Waals surface area contributed by atoms with Crippen molar-refractivity contribution in [2.75, 3.05) is 5.75 Å². The van der Waals surface area contributed by atoms with Gasteiger partial charge in [-0.25, -0.2) is 9.97 Å². The Bertz CT molecular complexity index is 813. The van der Waals surface area contributed by atoms with Crippen LogP contribution in [0.4, 0.5) is 0 Å². The summed E-state index contributed by atoms with van der Waals surface area (Å²) in [5.74, 6) is 1.48. The van der Waals surface area contributed by atoms with Crippen molar-refractivity contribution in [1.29, 1.82) is 0 Å². The topological polar surface area (TPSA) is 53.8 Å². The summed E-state index contributed by atoms with van der Waals surface area (Å²) in [5.41, 5.74) is 3.72. The van der Waals surface area contributed by atoms with Gasteiger partial charge in [-0.05, 0) is 48.3 Å². The fourth-order valence-electron chi connectivity index (χ4n) is 2.56. The molecule has 1 atom stereocenters. The van der Waals surface area contributed by atoms with Gasteiger partial charge in [-0.3, -0.25) is 0 Å². The van der Waals surface area contributed by atoms with Crippen LogP contribution >= 0.6 is 0 Å². The van der Waals surface area contributed by atoms with Gasteiger partial charge in [0.2, 0.25) is 0 Å². The lowest BCUT2D eigenvalue weighted by Gasteiger charge is -2.13. The molecular weight excluding hydrogens is 294 g/mol. The second-order valence-corrected chi connectivity index (χ2v) is 6.93. The molecule has 0 saturated carbocycles. The van der Waals surface area contributed by atoms with Crippen LogP contribution < -0.4 is 0 Å². The zero-order chi connectivity index (χ0) is 15.7. The van der Waals surface area contributed by atoms with E-state index in [-0.39, 0.29) is 0 Å². The number of benzene rings is 1. The Morgan fingerprint density at radius 1 is 1.27 bits per heavy atom. The molecule has 0 radical (unpaired) electrons. The Labute approximate surface area is 133 Å². The zero-order valence-corrected chi connectivity index (χ0v) is 13.9. The first kappa shape index (κ1) is 15.1. The molecule has 0 amide bonds. The van der Waals surface area contributed by atoms with Crippen LogP contribution in [0.5, 0.6) is 0 Å². The van der Waals surface area contributed by atoms with E-state index in [1.54, 1.807) is 0 Å². The van der Waals surface area contributed by atoms with Crippen molar-refractivity contribution < 1.29 is 4.55 Å². The number of hydrogen-bond acceptors (Lipinski definition) is 3. The van der Waals surface area contributed by atoms with Crippen molar-refractivity contribution in [3.8, 4) is 11.4 Å². The Kier molecular flexibility index (Phi) is 4.18. The van der Waals surface area contributed by atoms with E-state index in [0.717, 1.165) is 39.4 Å². The second-order valence-electron chi connectivity index (χ2n) is 5.40. The van der Waals surface area contributed by atoms with E-state index in [4.69, 9.17) is 4.98 Å². The van der Waals surface area contributed by atoms with E-state index in [1.807, 2.05) is 62.0 Å². The first-order valence-electron chi connectivity index (χ1n) is 7.38. The first-order valence-corrected chi connectivity index (χ1v) is 8.70. The molecular formula is C17H19N3OS. The molecule has 114 valence electrons. The lowest BCUT2D eigenvalue weighted by atomic mass is 10.2. The number of aromatic nitrogens is 3. The van der Waals surface area contributed by atoms with Gasteiger partial charge in [-0.1, -0.05) is 19.1 Å². The molecule has 4 nitrogen and oxygen atoms in total. The Balaban J connectivity index is 2.17. The number of fused-ring (bicyclic) bond motifs is 1. The molecule has 1 aromatic carbocycles. The standard InChI is InChI=1S/C17H19N3OS/c1-4-9-22(21)15-8-6-5-7-13(15)16-19-14-10-12(2)11-18-17(14)20(16)3/h5-8,10-11H,4,9H2,1-3H3. The molecule has 0 N–H and O–H groups in total. The molecule has 3 rings (SSSR count). The fourth-order valence-corrected chi connectivity index (χ4v) is 3.79. The minimum atomic E-state index is -1.00. The van der Waals surface area contributed by atoms with E-state index in [9.17, 15) is 4.55 Å². The molecule has 2 heterocycles. The maximum atomic E-state index is 12.5. The Morgan fingerprint density at radius 3 is 2.82 bits per heavy atom. The van der Waals surface area contributed by atoms with Crippen molar-refractivity contribution in [2.45, 2.75) is 25.2 Å². The fraction of sp³-hybridized carbons (Fsp3) is 0.294. The summed E-state index contributed by atoms with van der Waals surface area (Å²) in [4.78, 5) is 10.0. The van der Waals surface area contributed by atoms with Gasteiger partial charge in [-0.2, -0.15) is 0 Å². The van der Waals surface area contributed by atoms with E-state index in [0.29, 0.717) is 5.75 Å². The van der Waals surface area contributed by atoms with E-state index >= 15 is 0 Å². The number of nitrogens with zero attached hydrogens (tertiary/aromatic N) is 3. The Hall–Kier alpha value is -1.85. The second kappa shape index (κ2) is 6.10. The van der Waals surface area contributed by atoms with Crippen LogP contribution in [-0.2, 0) is 18.2 Å². The van der Waals surface area contributed by atoms with Gasteiger partial charge in [0.25, 0.3) is 0 Å². The predicted molar refractivity (Wildman–Crippen MR) is 90.2 cm³/mol. The van der Waals surface area contributed by atoms with Gasteiger partial charge in [0, 0.05) is 13.2 Å². The highest BCUT2D eigenvalue weighted by Gasteiger charge is 2.20. The maximum Gasteiger partial charge on any atom is 0.163 e. The summed E-state index contributed by atoms with van der Waals surface area (Å²) in [6.45, 7) is 4.05. The number of imidazole rings is 1. The molecule has 0 fully saturated rings. The summed E-state index contributed by atoms with van der Waals surface area (Å²) in [6, 6.07) is 9.82. The van der Waals surface area contributed by atoms with Gasteiger partial charge < -0.3 is 9.12 Å². The third-order valence-electron chi connectivity index (χ3n) is 3.61. The summed E-state index contributed by atoms with van der Waals surface area (Å²) in [5, 5.41) is 0. The number of rotatable bonds is 4. The number of hydrogen-bond donors (Lipinski definition) is 0. The molecule has 3 aromatic rings. The highest BCUT2D eigenvalue weighted by Crippen LogP contribution is 2.29. The van der Waals surface area contributed by atoms with Crippen LogP contribution in [0.25, 0.3) is 22.6 Å². The van der Waals surface area contributed by atoms with Crippen molar-refractivity contribution in [3.05, 3.63) is 42.1 Å². The van der Waals surface area contributed by atoms with Crippen molar-refractivity contribution in [3.63, 3.8) is 0 Å². The molecule has 0 saturated heterocycles. The quantitative estimate of drug-likeness (QED) is 0.693. The SMILES string of the molecule is CCC[S+]([O-])c1ccccc1-c1nc2cc(C)cnc2n1C. The third-order valence-corrected chi connectivity index (χ3v) is 5.23. The molecule has 0 spiro atoms. The van der Waals surface area contributed by atoms with Gasteiger partial charge in [-0.15, -0.1) is 0 Å². The lowest BCUT2D eigenvalue weighted by Crippen LogP contribution is -2.08. The molecule has 0 aliphatic carbocycles. The normalized spacial score (nSPS) is 12.7. The maximum absolute atomic E-state index is 12.5. The highest BCUT2D eigenvalue weighted by molar-refractivity contribution is 7.91. The monoisotopic (exact) mass is 313 g/mol. The van der Waals surface area contributed by atoms with Crippen molar-refractivity contribution in [1.82, 2.24) is 14.5 Å². The molecule has 0 aliphatic heterocycles. The molecule has 0 bridgehead atoms. The summed E-state index contributed by atoms with van der Waals surface area (Å²) >= 11 is -1.00. The smallest absolute Gasteiger partial charge is 0.163 e. The summed E-state index contributed by atoms with van der Waals surface area (Å²) in [7, 11) is 1.95. The number of aryl methyl sites for hydroxylation is 2. The predicted octanol–water partition coefficient (Wildman–Crippen LogP) is 3.46. The van der Waals surface area contributed by atoms with E-state index < -0.39 is 11.2 Å². The highest BCUT2D eigenvalue weighted by atomic mass is 32.2. The van der Waals surface area contributed by atoms with Crippen molar-refractivity contribution >= 4 is 22.3 Å². The molecule has 2 aromatic heterocycles. The van der Waals surface area contributed by atoms with Crippen molar-refractivity contribution in [2.24, 2.45) is 7.05 Å². The largest absolute Gasteiger partial charge is 0.611 e. The average Bonchev–Trinajstić information content (AvgIpc) is 2.83. The first-order chi connectivity index (χ1) is 10.6. The third kappa shape index (κ3) is 2.62. The van der Waals surface area contributed by atoms with Crippen LogP contribution in [0.15, 0.2) is 41.4 Å². The van der Waals surface area contributed by atoms with Gasteiger partial charge in [0.1, 0.15) is 17.1 Å². The van der Waals surface area contributed by atoms with E-state index in [1.165, 1.54) is 0 Å². The summed E-state index contributed by atoms with van der Waals surface area (Å²) < 4.78 is 14.4.